The van der Waals surface area contributed by atoms with Gasteiger partial charge in [0.05, 0.1) is 16.4 Å². The molecule has 0 aliphatic rings. The van der Waals surface area contributed by atoms with Gasteiger partial charge >= 0.3 is 0 Å². The maximum absolute atomic E-state index is 13.2. The van der Waals surface area contributed by atoms with Crippen LogP contribution in [0.15, 0.2) is 30.3 Å². The summed E-state index contributed by atoms with van der Waals surface area (Å²) in [6.07, 6.45) is 0. The number of hydrogen-bond donors (Lipinski definition) is 2. The third-order valence-corrected chi connectivity index (χ3v) is 4.00. The Hall–Kier alpha value is -1.01. The lowest BCUT2D eigenvalue weighted by atomic mass is 10.2. The van der Waals surface area contributed by atoms with E-state index in [0.717, 1.165) is 9.26 Å². The highest BCUT2D eigenvalue weighted by Crippen LogP contribution is 2.29. The molecule has 0 saturated heterocycles. The minimum Gasteiger partial charge on any atom is -0.397 e. The van der Waals surface area contributed by atoms with Crippen molar-refractivity contribution in [3.05, 3.63) is 50.3 Å². The van der Waals surface area contributed by atoms with Crippen molar-refractivity contribution >= 4 is 51.3 Å². The van der Waals surface area contributed by atoms with Gasteiger partial charge in [-0.25, -0.2) is 4.39 Å². The van der Waals surface area contributed by atoms with Crippen molar-refractivity contribution in [2.75, 3.05) is 11.1 Å². The molecule has 0 aliphatic heterocycles. The molecule has 0 aliphatic carbocycles. The van der Waals surface area contributed by atoms with Crippen LogP contribution in [0.2, 0.25) is 5.02 Å². The predicted molar refractivity (Wildman–Crippen MR) is 83.0 cm³/mol. The van der Waals surface area contributed by atoms with E-state index in [1.165, 1.54) is 17.7 Å². The number of hydrogen-bond acceptors (Lipinski definition) is 2. The van der Waals surface area contributed by atoms with Crippen molar-refractivity contribution in [2.24, 2.45) is 0 Å². The summed E-state index contributed by atoms with van der Waals surface area (Å²) in [5, 5.41) is 3.18. The second-order valence-corrected chi connectivity index (χ2v) is 5.51. The topological polar surface area (TPSA) is 38.0 Å². The standard InChI is InChI=1S/C13H11ClFIN2/c1-7-2-3-8(4-11(7)16)18-13-5-9(14)10(15)6-12(13)17/h2-6,18H,17H2,1H3. The molecule has 0 atom stereocenters. The molecule has 0 unspecified atom stereocenters. The Balaban J connectivity index is 2.34. The maximum atomic E-state index is 13.2. The Morgan fingerprint density at radius 1 is 1.28 bits per heavy atom. The van der Waals surface area contributed by atoms with E-state index < -0.39 is 5.82 Å². The molecule has 0 bridgehead atoms. The zero-order valence-electron chi connectivity index (χ0n) is 9.60. The fraction of sp³-hybridized carbons (Fsp3) is 0.0769. The van der Waals surface area contributed by atoms with Crippen molar-refractivity contribution in [1.82, 2.24) is 0 Å². The summed E-state index contributed by atoms with van der Waals surface area (Å²) >= 11 is 7.99. The second-order valence-electron chi connectivity index (χ2n) is 3.94. The highest BCUT2D eigenvalue weighted by molar-refractivity contribution is 14.1. The minimum atomic E-state index is -0.516. The smallest absolute Gasteiger partial charge is 0.143 e. The molecule has 18 heavy (non-hydrogen) atoms. The van der Waals surface area contributed by atoms with Gasteiger partial charge in [-0.15, -0.1) is 0 Å². The first-order valence-electron chi connectivity index (χ1n) is 5.25. The Kier molecular flexibility index (Phi) is 3.97. The molecular formula is C13H11ClFIN2. The lowest BCUT2D eigenvalue weighted by molar-refractivity contribution is 0.629. The van der Waals surface area contributed by atoms with Crippen LogP contribution >= 0.6 is 34.2 Å². The van der Waals surface area contributed by atoms with Crippen molar-refractivity contribution in [3.8, 4) is 0 Å². The van der Waals surface area contributed by atoms with Crippen molar-refractivity contribution in [1.29, 1.82) is 0 Å². The van der Waals surface area contributed by atoms with Crippen LogP contribution in [0.1, 0.15) is 5.56 Å². The highest BCUT2D eigenvalue weighted by Gasteiger charge is 2.07. The molecule has 0 radical (unpaired) electrons. The predicted octanol–water partition coefficient (Wildman–Crippen LogP) is 4.72. The third kappa shape index (κ3) is 2.87. The molecule has 0 aromatic heterocycles. The van der Waals surface area contributed by atoms with Crippen LogP contribution in [-0.2, 0) is 0 Å². The first-order chi connectivity index (χ1) is 8.47. The number of nitrogen functional groups attached to an aromatic ring is 1. The molecule has 0 fully saturated rings. The number of aryl methyl sites for hydroxylation is 1. The normalized spacial score (nSPS) is 10.4. The Bertz CT molecular complexity index is 602. The maximum Gasteiger partial charge on any atom is 0.143 e. The summed E-state index contributed by atoms with van der Waals surface area (Å²) in [6, 6.07) is 8.63. The summed E-state index contributed by atoms with van der Waals surface area (Å²) in [5.41, 5.74) is 8.76. The van der Waals surface area contributed by atoms with Gasteiger partial charge < -0.3 is 11.1 Å². The molecule has 3 N–H and O–H groups in total. The van der Waals surface area contributed by atoms with E-state index in [2.05, 4.69) is 27.9 Å². The molecular weight excluding hydrogens is 366 g/mol. The lowest BCUT2D eigenvalue weighted by Gasteiger charge is -2.11. The van der Waals surface area contributed by atoms with Gasteiger partial charge in [0.2, 0.25) is 0 Å². The van der Waals surface area contributed by atoms with Gasteiger partial charge in [0.25, 0.3) is 0 Å². The van der Waals surface area contributed by atoms with Gasteiger partial charge in [0.1, 0.15) is 5.82 Å². The summed E-state index contributed by atoms with van der Waals surface area (Å²) in [6.45, 7) is 2.04. The number of nitrogens with one attached hydrogen (secondary N) is 1. The van der Waals surface area contributed by atoms with Gasteiger partial charge in [-0.05, 0) is 53.3 Å². The summed E-state index contributed by atoms with van der Waals surface area (Å²) in [7, 11) is 0. The first-order valence-corrected chi connectivity index (χ1v) is 6.71. The third-order valence-electron chi connectivity index (χ3n) is 2.54. The van der Waals surface area contributed by atoms with Crippen molar-refractivity contribution in [2.45, 2.75) is 6.92 Å². The molecule has 2 nitrogen and oxygen atoms in total. The largest absolute Gasteiger partial charge is 0.397 e. The molecule has 0 spiro atoms. The molecule has 0 heterocycles. The number of benzene rings is 2. The summed E-state index contributed by atoms with van der Waals surface area (Å²) in [5.74, 6) is -0.516. The van der Waals surface area contributed by atoms with Crippen molar-refractivity contribution < 1.29 is 4.39 Å². The first kappa shape index (κ1) is 13.4. The van der Waals surface area contributed by atoms with Gasteiger partial charge in [0.15, 0.2) is 0 Å². The zero-order valence-corrected chi connectivity index (χ0v) is 12.5. The molecule has 0 saturated carbocycles. The number of rotatable bonds is 2. The summed E-state index contributed by atoms with van der Waals surface area (Å²) in [4.78, 5) is 0. The average Bonchev–Trinajstić information content (AvgIpc) is 2.31. The Morgan fingerprint density at radius 3 is 2.67 bits per heavy atom. The van der Waals surface area contributed by atoms with Gasteiger partial charge in [-0.1, -0.05) is 17.7 Å². The van der Waals surface area contributed by atoms with E-state index in [1.54, 1.807) is 0 Å². The summed E-state index contributed by atoms with van der Waals surface area (Å²) < 4.78 is 14.3. The molecule has 0 amide bonds. The van der Waals surface area contributed by atoms with Crippen LogP contribution < -0.4 is 11.1 Å². The fourth-order valence-electron chi connectivity index (χ4n) is 1.50. The van der Waals surface area contributed by atoms with Crippen LogP contribution in [0, 0.1) is 16.3 Å². The van der Waals surface area contributed by atoms with Crippen LogP contribution in [0.4, 0.5) is 21.5 Å². The van der Waals surface area contributed by atoms with Crippen LogP contribution in [0.5, 0.6) is 0 Å². The van der Waals surface area contributed by atoms with E-state index in [1.807, 2.05) is 25.1 Å². The number of nitrogens with two attached hydrogens (primary N) is 1. The van der Waals surface area contributed by atoms with E-state index in [9.17, 15) is 4.39 Å². The quantitative estimate of drug-likeness (QED) is 0.588. The fourth-order valence-corrected chi connectivity index (χ4v) is 2.18. The van der Waals surface area contributed by atoms with E-state index in [0.29, 0.717) is 11.4 Å². The lowest BCUT2D eigenvalue weighted by Crippen LogP contribution is -1.98. The average molecular weight is 377 g/mol. The zero-order chi connectivity index (χ0) is 13.3. The molecule has 94 valence electrons. The van der Waals surface area contributed by atoms with Crippen molar-refractivity contribution in [3.63, 3.8) is 0 Å². The highest BCUT2D eigenvalue weighted by atomic mass is 127. The van der Waals surface area contributed by atoms with Crippen LogP contribution in [0.3, 0.4) is 0 Å². The van der Waals surface area contributed by atoms with Crippen LogP contribution in [-0.4, -0.2) is 0 Å². The number of anilines is 3. The minimum absolute atomic E-state index is 0.0495. The van der Waals surface area contributed by atoms with Gasteiger partial charge in [-0.3, -0.25) is 0 Å². The molecule has 2 rings (SSSR count). The molecule has 5 heteroatoms. The Labute approximate surface area is 123 Å². The Morgan fingerprint density at radius 2 is 2.00 bits per heavy atom. The van der Waals surface area contributed by atoms with E-state index >= 15 is 0 Å². The monoisotopic (exact) mass is 376 g/mol. The number of halogens is 3. The second kappa shape index (κ2) is 5.32. The molecule has 2 aromatic carbocycles. The van der Waals surface area contributed by atoms with Gasteiger partial charge in [0, 0.05) is 15.3 Å². The SMILES string of the molecule is Cc1ccc(Nc2cc(Cl)c(F)cc2N)cc1I. The van der Waals surface area contributed by atoms with Gasteiger partial charge in [-0.2, -0.15) is 0 Å². The molecule has 2 aromatic rings. The van der Waals surface area contributed by atoms with Crippen LogP contribution in [0.25, 0.3) is 0 Å². The van der Waals surface area contributed by atoms with E-state index in [4.69, 9.17) is 17.3 Å². The van der Waals surface area contributed by atoms with E-state index in [-0.39, 0.29) is 5.02 Å².